The third-order valence-corrected chi connectivity index (χ3v) is 7.37. The van der Waals surface area contributed by atoms with E-state index in [0.29, 0.717) is 17.2 Å². The Balaban J connectivity index is 1.81. The van der Waals surface area contributed by atoms with Gasteiger partial charge in [0.1, 0.15) is 6.10 Å². The van der Waals surface area contributed by atoms with Crippen molar-refractivity contribution >= 4 is 12.0 Å². The summed E-state index contributed by atoms with van der Waals surface area (Å²) < 4.78 is 11.1. The highest BCUT2D eigenvalue weighted by Crippen LogP contribution is 2.57. The van der Waals surface area contributed by atoms with Gasteiger partial charge in [0.25, 0.3) is 0 Å². The molecule has 5 atom stereocenters. The van der Waals surface area contributed by atoms with Crippen LogP contribution in [0.4, 0.5) is 0 Å². The van der Waals surface area contributed by atoms with Gasteiger partial charge in [-0.05, 0) is 73.6 Å². The molecular weight excluding hydrogens is 380 g/mol. The van der Waals surface area contributed by atoms with E-state index in [1.165, 1.54) is 13.2 Å². The number of esters is 1. The Labute approximate surface area is 180 Å². The highest BCUT2D eigenvalue weighted by molar-refractivity contribution is 5.87. The van der Waals surface area contributed by atoms with Crippen molar-refractivity contribution < 1.29 is 24.5 Å². The van der Waals surface area contributed by atoms with Gasteiger partial charge in [0, 0.05) is 12.0 Å². The maximum absolute atomic E-state index is 12.8. The minimum atomic E-state index is -0.836. The third-order valence-electron chi connectivity index (χ3n) is 7.37. The fourth-order valence-corrected chi connectivity index (χ4v) is 5.87. The van der Waals surface area contributed by atoms with E-state index in [1.54, 1.807) is 24.3 Å². The van der Waals surface area contributed by atoms with E-state index >= 15 is 0 Å². The molecular formula is C25H36O5. The van der Waals surface area contributed by atoms with Crippen LogP contribution in [0.3, 0.4) is 0 Å². The lowest BCUT2D eigenvalue weighted by molar-refractivity contribution is -0.201. The molecule has 0 heterocycles. The zero-order valence-electron chi connectivity index (χ0n) is 18.9. The average Bonchev–Trinajstić information content (AvgIpc) is 2.65. The van der Waals surface area contributed by atoms with Crippen LogP contribution >= 0.6 is 0 Å². The zero-order valence-corrected chi connectivity index (χ0v) is 18.9. The molecule has 0 saturated heterocycles. The quantitative estimate of drug-likeness (QED) is 0.525. The van der Waals surface area contributed by atoms with Gasteiger partial charge in [0.15, 0.2) is 11.5 Å². The summed E-state index contributed by atoms with van der Waals surface area (Å²) in [4.78, 5) is 12.8. The molecule has 0 aliphatic heterocycles. The normalized spacial score (nSPS) is 34.0. The van der Waals surface area contributed by atoms with Crippen molar-refractivity contribution in [1.82, 2.24) is 0 Å². The molecule has 0 radical (unpaired) electrons. The molecule has 1 aromatic rings. The first-order valence-corrected chi connectivity index (χ1v) is 11.1. The number of fused-ring (bicyclic) bond motifs is 1. The van der Waals surface area contributed by atoms with Gasteiger partial charge in [0.05, 0.1) is 12.7 Å². The predicted molar refractivity (Wildman–Crippen MR) is 117 cm³/mol. The molecule has 2 aliphatic rings. The van der Waals surface area contributed by atoms with Crippen molar-refractivity contribution in [2.45, 2.75) is 71.5 Å². The van der Waals surface area contributed by atoms with Gasteiger partial charge >= 0.3 is 5.97 Å². The van der Waals surface area contributed by atoms with Crippen LogP contribution < -0.4 is 4.74 Å². The number of ether oxygens (including phenoxy) is 2. The summed E-state index contributed by atoms with van der Waals surface area (Å²) in [5.41, 5.74) is -0.163. The molecule has 5 nitrogen and oxygen atoms in total. The number of rotatable bonds is 5. The molecule has 0 spiro atoms. The summed E-state index contributed by atoms with van der Waals surface area (Å²) in [6, 6.07) is 4.97. The standard InChI is InChI=1S/C25H36O5/c1-16(2)18-11-14-24(3)12-6-13-25(4,28)23(24)22(18)30-21(27)10-8-17-7-9-20(29-5)19(26)15-17/h7-10,15-16,18,22-23,26,28H,6,11-14H2,1-5H3. The number of phenols is 1. The Morgan fingerprint density at radius 1 is 1.23 bits per heavy atom. The number of hydrogen-bond donors (Lipinski definition) is 2. The van der Waals surface area contributed by atoms with Crippen molar-refractivity contribution in [3.63, 3.8) is 0 Å². The second kappa shape index (κ2) is 8.62. The van der Waals surface area contributed by atoms with Crippen LogP contribution in [0.15, 0.2) is 24.3 Å². The van der Waals surface area contributed by atoms with Crippen LogP contribution in [-0.4, -0.2) is 35.0 Å². The van der Waals surface area contributed by atoms with E-state index in [4.69, 9.17) is 9.47 Å². The molecule has 2 fully saturated rings. The molecule has 5 heteroatoms. The van der Waals surface area contributed by atoms with Crippen LogP contribution in [0.2, 0.25) is 0 Å². The van der Waals surface area contributed by atoms with Gasteiger partial charge in [-0.15, -0.1) is 0 Å². The van der Waals surface area contributed by atoms with Gasteiger partial charge in [-0.3, -0.25) is 0 Å². The first-order valence-electron chi connectivity index (χ1n) is 11.1. The maximum atomic E-state index is 12.8. The number of carbonyl (C=O) groups excluding carboxylic acids is 1. The lowest BCUT2D eigenvalue weighted by Crippen LogP contribution is -2.59. The van der Waals surface area contributed by atoms with Crippen LogP contribution in [-0.2, 0) is 9.53 Å². The summed E-state index contributed by atoms with van der Waals surface area (Å²) in [5.74, 6) is 0.529. The molecule has 2 aliphatic carbocycles. The zero-order chi connectivity index (χ0) is 22.1. The van der Waals surface area contributed by atoms with Crippen LogP contribution in [0.5, 0.6) is 11.5 Å². The molecule has 3 rings (SSSR count). The van der Waals surface area contributed by atoms with Gasteiger partial charge in [-0.1, -0.05) is 33.3 Å². The van der Waals surface area contributed by atoms with E-state index in [0.717, 1.165) is 32.1 Å². The molecule has 30 heavy (non-hydrogen) atoms. The molecule has 0 amide bonds. The largest absolute Gasteiger partial charge is 0.504 e. The Kier molecular flexibility index (Phi) is 6.51. The van der Waals surface area contributed by atoms with Crippen molar-refractivity contribution in [2.75, 3.05) is 7.11 Å². The maximum Gasteiger partial charge on any atom is 0.331 e. The summed E-state index contributed by atoms with van der Waals surface area (Å²) in [7, 11) is 1.49. The fourth-order valence-electron chi connectivity index (χ4n) is 5.87. The molecule has 2 saturated carbocycles. The summed E-state index contributed by atoms with van der Waals surface area (Å²) in [6.07, 6.45) is 7.62. The van der Waals surface area contributed by atoms with Crippen LogP contribution in [0, 0.1) is 23.2 Å². The third kappa shape index (κ3) is 4.51. The molecule has 0 aromatic heterocycles. The highest BCUT2D eigenvalue weighted by Gasteiger charge is 2.57. The first kappa shape index (κ1) is 22.7. The van der Waals surface area contributed by atoms with Crippen molar-refractivity contribution in [3.8, 4) is 11.5 Å². The minimum absolute atomic E-state index is 0.0103. The van der Waals surface area contributed by atoms with E-state index in [2.05, 4.69) is 20.8 Å². The van der Waals surface area contributed by atoms with Gasteiger partial charge in [-0.2, -0.15) is 0 Å². The fraction of sp³-hybridized carbons (Fsp3) is 0.640. The number of carbonyl (C=O) groups is 1. The van der Waals surface area contributed by atoms with Gasteiger partial charge in [-0.25, -0.2) is 4.79 Å². The molecule has 1 aromatic carbocycles. The Bertz CT molecular complexity index is 797. The number of aliphatic hydroxyl groups is 1. The first-order chi connectivity index (χ1) is 14.1. The number of benzene rings is 1. The molecule has 5 unspecified atom stereocenters. The van der Waals surface area contributed by atoms with Gasteiger partial charge in [0.2, 0.25) is 0 Å². The smallest absolute Gasteiger partial charge is 0.331 e. The Hall–Kier alpha value is -2.01. The average molecular weight is 417 g/mol. The second-order valence-electron chi connectivity index (χ2n) is 9.96. The number of aromatic hydroxyl groups is 1. The predicted octanol–water partition coefficient (Wildman–Crippen LogP) is 4.95. The van der Waals surface area contributed by atoms with E-state index < -0.39 is 11.6 Å². The second-order valence-corrected chi connectivity index (χ2v) is 9.96. The van der Waals surface area contributed by atoms with Gasteiger partial charge < -0.3 is 19.7 Å². The van der Waals surface area contributed by atoms with E-state index in [1.807, 2.05) is 6.92 Å². The number of phenolic OH excluding ortho intramolecular Hbond substituents is 1. The summed E-state index contributed by atoms with van der Waals surface area (Å²) >= 11 is 0. The SMILES string of the molecule is COc1ccc(C=CC(=O)OC2C(C(C)C)CCC3(C)CCCC(C)(O)C23)cc1O. The van der Waals surface area contributed by atoms with Crippen LogP contribution in [0.25, 0.3) is 6.08 Å². The highest BCUT2D eigenvalue weighted by atomic mass is 16.5. The van der Waals surface area contributed by atoms with Crippen LogP contribution in [0.1, 0.15) is 65.4 Å². The Morgan fingerprint density at radius 3 is 2.60 bits per heavy atom. The number of hydrogen-bond acceptors (Lipinski definition) is 5. The topological polar surface area (TPSA) is 76.0 Å². The lowest BCUT2D eigenvalue weighted by atomic mass is 9.51. The van der Waals surface area contributed by atoms with Crippen molar-refractivity contribution in [3.05, 3.63) is 29.8 Å². The number of methoxy groups -OCH3 is 1. The Morgan fingerprint density at radius 2 is 1.97 bits per heavy atom. The molecule has 166 valence electrons. The van der Waals surface area contributed by atoms with Crippen molar-refractivity contribution in [2.24, 2.45) is 23.2 Å². The summed E-state index contributed by atoms with van der Waals surface area (Å²) in [6.45, 7) is 8.50. The molecule has 0 bridgehead atoms. The van der Waals surface area contributed by atoms with E-state index in [9.17, 15) is 15.0 Å². The monoisotopic (exact) mass is 416 g/mol. The van der Waals surface area contributed by atoms with E-state index in [-0.39, 0.29) is 29.1 Å². The minimum Gasteiger partial charge on any atom is -0.504 e. The molecule has 2 N–H and O–H groups in total. The lowest BCUT2D eigenvalue weighted by Gasteiger charge is -2.57. The van der Waals surface area contributed by atoms with Crippen molar-refractivity contribution in [1.29, 1.82) is 0 Å². The summed E-state index contributed by atoms with van der Waals surface area (Å²) in [5, 5.41) is 21.2.